The fourth-order valence-corrected chi connectivity index (χ4v) is 1.94. The molecule has 0 aromatic heterocycles. The number of benzene rings is 1. The van der Waals surface area contributed by atoms with Gasteiger partial charge >= 0.3 is 0 Å². The molecule has 0 aliphatic rings. The lowest BCUT2D eigenvalue weighted by molar-refractivity contribution is 0.0852. The van der Waals surface area contributed by atoms with Crippen molar-refractivity contribution in [3.63, 3.8) is 0 Å². The van der Waals surface area contributed by atoms with Gasteiger partial charge in [-0.2, -0.15) is 0 Å². The van der Waals surface area contributed by atoms with E-state index in [-0.39, 0.29) is 12.2 Å². The number of hydrogen-bond acceptors (Lipinski definition) is 3. The largest absolute Gasteiger partial charge is 0.491 e. The molecule has 0 aliphatic heterocycles. The molecule has 1 rings (SSSR count). The first kappa shape index (κ1) is 16.0. The van der Waals surface area contributed by atoms with Gasteiger partial charge in [0.2, 0.25) is 0 Å². The third-order valence-electron chi connectivity index (χ3n) is 3.34. The van der Waals surface area contributed by atoms with Crippen molar-refractivity contribution in [1.29, 1.82) is 0 Å². The van der Waals surface area contributed by atoms with E-state index in [1.807, 2.05) is 26.0 Å². The fourth-order valence-electron chi connectivity index (χ4n) is 1.94. The van der Waals surface area contributed by atoms with E-state index in [9.17, 15) is 0 Å². The summed E-state index contributed by atoms with van der Waals surface area (Å²) in [6, 6.07) is 8.88. The molecule has 0 spiro atoms. The summed E-state index contributed by atoms with van der Waals surface area (Å²) < 4.78 is 11.0. The summed E-state index contributed by atoms with van der Waals surface area (Å²) in [6.45, 7) is 10.4. The van der Waals surface area contributed by atoms with Gasteiger partial charge in [-0.25, -0.2) is 0 Å². The molecule has 1 aromatic carbocycles. The maximum atomic E-state index is 5.65. The molecule has 0 radical (unpaired) electrons. The monoisotopic (exact) mass is 265 g/mol. The Morgan fingerprint density at radius 3 is 2.00 bits per heavy atom. The van der Waals surface area contributed by atoms with E-state index in [2.05, 4.69) is 38.2 Å². The third-order valence-corrected chi connectivity index (χ3v) is 3.34. The Morgan fingerprint density at radius 1 is 0.947 bits per heavy atom. The van der Waals surface area contributed by atoms with Crippen molar-refractivity contribution in [2.75, 3.05) is 7.11 Å². The van der Waals surface area contributed by atoms with E-state index in [1.165, 1.54) is 5.56 Å². The first-order valence-electron chi connectivity index (χ1n) is 6.99. The number of nitrogens with one attached hydrogen (secondary N) is 1. The van der Waals surface area contributed by atoms with Crippen LogP contribution in [-0.2, 0) is 4.74 Å². The standard InChI is InChI=1S/C16H27NO2/c1-11(2)19-16-9-7-15(8-10-16)13(4)17-12(3)14(5)18-6/h7-14,17H,1-6H3. The Labute approximate surface area is 117 Å². The summed E-state index contributed by atoms with van der Waals surface area (Å²) in [5.74, 6) is 0.921. The predicted octanol–water partition coefficient (Wildman–Crippen LogP) is 3.55. The van der Waals surface area contributed by atoms with Crippen molar-refractivity contribution < 1.29 is 9.47 Å². The van der Waals surface area contributed by atoms with Crippen LogP contribution in [0.3, 0.4) is 0 Å². The molecule has 0 saturated heterocycles. The Bertz CT molecular complexity index is 362. The Hall–Kier alpha value is -1.06. The van der Waals surface area contributed by atoms with Gasteiger partial charge in [0.15, 0.2) is 0 Å². The molecule has 0 bridgehead atoms. The van der Waals surface area contributed by atoms with E-state index in [1.54, 1.807) is 7.11 Å². The van der Waals surface area contributed by atoms with Crippen molar-refractivity contribution in [3.05, 3.63) is 29.8 Å². The van der Waals surface area contributed by atoms with Crippen LogP contribution in [0.5, 0.6) is 5.75 Å². The van der Waals surface area contributed by atoms with Gasteiger partial charge in [0.25, 0.3) is 0 Å². The van der Waals surface area contributed by atoms with Gasteiger partial charge in [0, 0.05) is 19.2 Å². The molecule has 19 heavy (non-hydrogen) atoms. The van der Waals surface area contributed by atoms with Crippen LogP contribution in [0.4, 0.5) is 0 Å². The number of ether oxygens (including phenoxy) is 2. The fraction of sp³-hybridized carbons (Fsp3) is 0.625. The zero-order chi connectivity index (χ0) is 14.4. The smallest absolute Gasteiger partial charge is 0.119 e. The Kier molecular flexibility index (Phi) is 6.32. The second-order valence-corrected chi connectivity index (χ2v) is 5.35. The highest BCUT2D eigenvalue weighted by molar-refractivity contribution is 5.29. The van der Waals surface area contributed by atoms with Crippen LogP contribution in [0.1, 0.15) is 46.2 Å². The maximum Gasteiger partial charge on any atom is 0.119 e. The summed E-state index contributed by atoms with van der Waals surface area (Å²) in [5.41, 5.74) is 1.26. The summed E-state index contributed by atoms with van der Waals surface area (Å²) in [4.78, 5) is 0. The van der Waals surface area contributed by atoms with Gasteiger partial charge in [-0.15, -0.1) is 0 Å². The number of hydrogen-bond donors (Lipinski definition) is 1. The molecule has 3 nitrogen and oxygen atoms in total. The average Bonchev–Trinajstić information content (AvgIpc) is 2.37. The Morgan fingerprint density at radius 2 is 1.53 bits per heavy atom. The molecule has 1 aromatic rings. The topological polar surface area (TPSA) is 30.5 Å². The minimum absolute atomic E-state index is 0.200. The van der Waals surface area contributed by atoms with Crippen LogP contribution >= 0.6 is 0 Å². The van der Waals surface area contributed by atoms with E-state index < -0.39 is 0 Å². The Balaban J connectivity index is 2.60. The van der Waals surface area contributed by atoms with Crippen molar-refractivity contribution >= 4 is 0 Å². The summed E-state index contributed by atoms with van der Waals surface area (Å²) in [7, 11) is 1.74. The summed E-state index contributed by atoms with van der Waals surface area (Å²) >= 11 is 0. The SMILES string of the molecule is COC(C)C(C)NC(C)c1ccc(OC(C)C)cc1. The zero-order valence-electron chi connectivity index (χ0n) is 12.9. The summed E-state index contributed by atoms with van der Waals surface area (Å²) in [5, 5.41) is 3.54. The van der Waals surface area contributed by atoms with Crippen LogP contribution in [0.2, 0.25) is 0 Å². The van der Waals surface area contributed by atoms with Crippen LogP contribution < -0.4 is 10.1 Å². The van der Waals surface area contributed by atoms with Crippen LogP contribution in [0.15, 0.2) is 24.3 Å². The lowest BCUT2D eigenvalue weighted by Gasteiger charge is -2.24. The van der Waals surface area contributed by atoms with Crippen molar-refractivity contribution in [1.82, 2.24) is 5.32 Å². The minimum atomic E-state index is 0.200. The lowest BCUT2D eigenvalue weighted by Crippen LogP contribution is -2.38. The molecule has 0 saturated carbocycles. The van der Waals surface area contributed by atoms with Gasteiger partial charge in [0.1, 0.15) is 5.75 Å². The van der Waals surface area contributed by atoms with Gasteiger partial charge < -0.3 is 14.8 Å². The van der Waals surface area contributed by atoms with Crippen LogP contribution in [0.25, 0.3) is 0 Å². The normalized spacial score (nSPS) is 16.2. The van der Waals surface area contributed by atoms with Gasteiger partial charge in [-0.3, -0.25) is 0 Å². The molecule has 3 unspecified atom stereocenters. The molecule has 0 amide bonds. The lowest BCUT2D eigenvalue weighted by atomic mass is 10.1. The molecule has 1 N–H and O–H groups in total. The first-order chi connectivity index (χ1) is 8.93. The molecule has 0 heterocycles. The molecule has 0 aliphatic carbocycles. The maximum absolute atomic E-state index is 5.65. The van der Waals surface area contributed by atoms with E-state index in [0.717, 1.165) is 5.75 Å². The third kappa shape index (κ3) is 5.21. The minimum Gasteiger partial charge on any atom is -0.491 e. The first-order valence-corrected chi connectivity index (χ1v) is 6.99. The van der Waals surface area contributed by atoms with E-state index in [4.69, 9.17) is 9.47 Å². The molecular formula is C16H27NO2. The molecular weight excluding hydrogens is 238 g/mol. The van der Waals surface area contributed by atoms with E-state index >= 15 is 0 Å². The van der Waals surface area contributed by atoms with Gasteiger partial charge in [-0.05, 0) is 52.3 Å². The molecule has 3 heteroatoms. The van der Waals surface area contributed by atoms with Crippen LogP contribution in [0, 0.1) is 0 Å². The summed E-state index contributed by atoms with van der Waals surface area (Å²) in [6.07, 6.45) is 0.412. The predicted molar refractivity (Wildman–Crippen MR) is 79.7 cm³/mol. The highest BCUT2D eigenvalue weighted by Crippen LogP contribution is 2.19. The van der Waals surface area contributed by atoms with Crippen molar-refractivity contribution in [2.45, 2.75) is 58.9 Å². The molecule has 0 fully saturated rings. The van der Waals surface area contributed by atoms with Crippen molar-refractivity contribution in [3.8, 4) is 5.75 Å². The zero-order valence-corrected chi connectivity index (χ0v) is 12.9. The molecule has 108 valence electrons. The average molecular weight is 265 g/mol. The van der Waals surface area contributed by atoms with Gasteiger partial charge in [0.05, 0.1) is 12.2 Å². The second-order valence-electron chi connectivity index (χ2n) is 5.35. The van der Waals surface area contributed by atoms with Crippen LogP contribution in [-0.4, -0.2) is 25.4 Å². The number of rotatable bonds is 7. The highest BCUT2D eigenvalue weighted by Gasteiger charge is 2.14. The highest BCUT2D eigenvalue weighted by atomic mass is 16.5. The number of methoxy groups -OCH3 is 1. The second kappa shape index (κ2) is 7.51. The van der Waals surface area contributed by atoms with Gasteiger partial charge in [-0.1, -0.05) is 12.1 Å². The quantitative estimate of drug-likeness (QED) is 0.818. The van der Waals surface area contributed by atoms with Crippen molar-refractivity contribution in [2.24, 2.45) is 0 Å². The molecule has 3 atom stereocenters. The van der Waals surface area contributed by atoms with E-state index in [0.29, 0.717) is 12.1 Å².